The highest BCUT2D eigenvalue weighted by molar-refractivity contribution is 7.47. The molecule has 0 amide bonds. The van der Waals surface area contributed by atoms with Gasteiger partial charge < -0.3 is 20.1 Å². The molecule has 0 fully saturated rings. The monoisotopic (exact) mass is 1220 g/mol. The van der Waals surface area contributed by atoms with Crippen molar-refractivity contribution in [1.29, 1.82) is 0 Å². The maximum atomic E-state index is 12.7. The largest absolute Gasteiger partial charge is 0.472 e. The van der Waals surface area contributed by atoms with Gasteiger partial charge in [0.25, 0.3) is 0 Å². The average Bonchev–Trinajstić information content (AvgIpc) is 3.65. The molecule has 2 atom stereocenters. The van der Waals surface area contributed by atoms with E-state index in [9.17, 15) is 19.0 Å². The molecule has 0 aliphatic carbocycles. The fourth-order valence-electron chi connectivity index (χ4n) is 8.74. The van der Waals surface area contributed by atoms with E-state index in [1.54, 1.807) is 0 Å². The Morgan fingerprint density at radius 2 is 0.632 bits per heavy atom. The van der Waals surface area contributed by atoms with Crippen LogP contribution in [0.25, 0.3) is 0 Å². The van der Waals surface area contributed by atoms with Crippen molar-refractivity contribution in [1.82, 2.24) is 0 Å². The number of hydrogen-bond donors (Lipinski definition) is 2. The third-order valence-electron chi connectivity index (χ3n) is 13.8. The normalized spacial score (nSPS) is 14.1. The Morgan fingerprint density at radius 1 is 0.356 bits per heavy atom. The summed E-state index contributed by atoms with van der Waals surface area (Å²) in [4.78, 5) is 35.3. The first-order valence-electron chi connectivity index (χ1n) is 34.3. The predicted octanol–water partition coefficient (Wildman–Crippen LogP) is 22.7. The van der Waals surface area contributed by atoms with Crippen LogP contribution in [0.1, 0.15) is 258 Å². The molecule has 0 radical (unpaired) electrons. The van der Waals surface area contributed by atoms with Crippen molar-refractivity contribution in [3.63, 3.8) is 0 Å². The summed E-state index contributed by atoms with van der Waals surface area (Å²) in [6, 6.07) is 0. The summed E-state index contributed by atoms with van der Waals surface area (Å²) in [7, 11) is -4.41. The van der Waals surface area contributed by atoms with Crippen molar-refractivity contribution in [3.05, 3.63) is 182 Å². The first-order valence-corrected chi connectivity index (χ1v) is 35.8. The number of carbonyl (C=O) groups is 2. The van der Waals surface area contributed by atoms with E-state index in [0.717, 1.165) is 148 Å². The minimum Gasteiger partial charge on any atom is -0.462 e. The summed E-state index contributed by atoms with van der Waals surface area (Å²) in [6.45, 7) is 3.57. The lowest BCUT2D eigenvalue weighted by Crippen LogP contribution is -2.29. The summed E-state index contributed by atoms with van der Waals surface area (Å²) >= 11 is 0. The lowest BCUT2D eigenvalue weighted by molar-refractivity contribution is -0.161. The van der Waals surface area contributed by atoms with Crippen molar-refractivity contribution in [3.8, 4) is 0 Å². The molecule has 0 aliphatic heterocycles. The van der Waals surface area contributed by atoms with E-state index >= 15 is 0 Å². The molecule has 0 aromatic heterocycles. The van der Waals surface area contributed by atoms with Gasteiger partial charge in [0.05, 0.1) is 13.2 Å². The molecule has 0 heterocycles. The molecule has 10 heteroatoms. The Morgan fingerprint density at radius 3 is 0.943 bits per heavy atom. The number of unbranched alkanes of at least 4 members (excludes halogenated alkanes) is 19. The number of phosphoric ester groups is 1. The third kappa shape index (κ3) is 70.1. The van der Waals surface area contributed by atoms with Crippen LogP contribution in [0.2, 0.25) is 0 Å². The topological polar surface area (TPSA) is 134 Å². The maximum Gasteiger partial charge on any atom is 0.472 e. The van der Waals surface area contributed by atoms with Crippen molar-refractivity contribution in [2.24, 2.45) is 5.73 Å². The van der Waals surface area contributed by atoms with Crippen LogP contribution in [0.5, 0.6) is 0 Å². The van der Waals surface area contributed by atoms with Gasteiger partial charge in [-0.1, -0.05) is 286 Å². The molecule has 2 unspecified atom stereocenters. The number of esters is 2. The molecular formula is C77H124NO8P. The fraction of sp³-hybridized carbons (Fsp3) is 0.584. The van der Waals surface area contributed by atoms with Crippen molar-refractivity contribution in [2.75, 3.05) is 26.4 Å². The molecule has 3 N–H and O–H groups in total. The van der Waals surface area contributed by atoms with Crippen LogP contribution < -0.4 is 5.73 Å². The molecule has 0 spiro atoms. The van der Waals surface area contributed by atoms with Crippen LogP contribution in [0.15, 0.2) is 182 Å². The molecule has 0 saturated heterocycles. The third-order valence-corrected chi connectivity index (χ3v) is 14.8. The number of allylic oxidation sites excluding steroid dienone is 30. The smallest absolute Gasteiger partial charge is 0.462 e. The molecule has 9 nitrogen and oxygen atoms in total. The van der Waals surface area contributed by atoms with Crippen LogP contribution in [0.4, 0.5) is 0 Å². The Labute approximate surface area is 533 Å². The van der Waals surface area contributed by atoms with Crippen LogP contribution >= 0.6 is 7.82 Å². The fourth-order valence-corrected chi connectivity index (χ4v) is 9.51. The first kappa shape index (κ1) is 82.1. The number of hydrogen-bond acceptors (Lipinski definition) is 8. The second kappa shape index (κ2) is 70.2. The van der Waals surface area contributed by atoms with Gasteiger partial charge in [-0.05, 0) is 141 Å². The van der Waals surface area contributed by atoms with Crippen LogP contribution in [0.3, 0.4) is 0 Å². The van der Waals surface area contributed by atoms with E-state index in [4.69, 9.17) is 24.3 Å². The Kier molecular flexibility index (Phi) is 66.3. The highest BCUT2D eigenvalue weighted by Gasteiger charge is 2.26. The van der Waals surface area contributed by atoms with Crippen molar-refractivity contribution >= 4 is 19.8 Å². The zero-order valence-electron chi connectivity index (χ0n) is 54.9. The number of rotatable bonds is 62. The molecule has 0 aliphatic rings. The number of phosphoric acid groups is 1. The molecule has 0 aromatic rings. The van der Waals surface area contributed by atoms with E-state index in [1.807, 2.05) is 0 Å². The van der Waals surface area contributed by atoms with E-state index in [0.29, 0.717) is 6.42 Å². The minimum absolute atomic E-state index is 0.0389. The van der Waals surface area contributed by atoms with Gasteiger partial charge >= 0.3 is 19.8 Å². The quantitative estimate of drug-likeness (QED) is 0.0264. The molecular weight excluding hydrogens is 1100 g/mol. The zero-order chi connectivity index (χ0) is 63.0. The van der Waals surface area contributed by atoms with Gasteiger partial charge in [-0.2, -0.15) is 0 Å². The molecule has 490 valence electrons. The van der Waals surface area contributed by atoms with Gasteiger partial charge in [0, 0.05) is 19.4 Å². The lowest BCUT2D eigenvalue weighted by atomic mass is 10.1. The van der Waals surface area contributed by atoms with Crippen molar-refractivity contribution in [2.45, 2.75) is 264 Å². The number of carbonyl (C=O) groups excluding carboxylic acids is 2. The number of nitrogens with two attached hydrogens (primary N) is 1. The first-order chi connectivity index (χ1) is 42.8. The highest BCUT2D eigenvalue weighted by Crippen LogP contribution is 2.43. The second-order valence-electron chi connectivity index (χ2n) is 22.0. The van der Waals surface area contributed by atoms with Crippen LogP contribution in [-0.4, -0.2) is 49.3 Å². The van der Waals surface area contributed by atoms with Gasteiger partial charge in [-0.25, -0.2) is 4.57 Å². The average molecular weight is 1220 g/mol. The Balaban J connectivity index is 4.05. The second-order valence-corrected chi connectivity index (χ2v) is 23.4. The Bertz CT molecular complexity index is 2080. The molecule has 0 saturated carbocycles. The molecule has 0 aromatic carbocycles. The summed E-state index contributed by atoms with van der Waals surface area (Å²) in [5.41, 5.74) is 5.39. The molecule has 87 heavy (non-hydrogen) atoms. The molecule has 0 rings (SSSR count). The summed E-state index contributed by atoms with van der Waals surface area (Å²) in [5, 5.41) is 0. The lowest BCUT2D eigenvalue weighted by Gasteiger charge is -2.19. The summed E-state index contributed by atoms with van der Waals surface area (Å²) in [6.07, 6.45) is 105. The summed E-state index contributed by atoms with van der Waals surface area (Å²) in [5.74, 6) is -0.872. The maximum absolute atomic E-state index is 12.7. The van der Waals surface area contributed by atoms with Gasteiger partial charge in [-0.15, -0.1) is 0 Å². The highest BCUT2D eigenvalue weighted by atomic mass is 31.2. The summed E-state index contributed by atoms with van der Waals surface area (Å²) < 4.78 is 33.1. The molecule has 0 bridgehead atoms. The van der Waals surface area contributed by atoms with E-state index in [1.165, 1.54) is 77.0 Å². The number of ether oxygens (including phenoxy) is 2. The van der Waals surface area contributed by atoms with E-state index in [2.05, 4.69) is 196 Å². The van der Waals surface area contributed by atoms with E-state index in [-0.39, 0.29) is 32.6 Å². The SMILES string of the molecule is CC/C=C\C/C=C\C/C=C\C/C=C\C/C=C\C/C=C\C/C=C\C/C=C\C/C=C\C/C=C\C/C=C\C/C=C\CCCCCCC(=O)OC(COC(=O)CCCCCCCCCCCC/C=C\C/C=C\C/C=C\CCCCCCC)COP(=O)(O)OCCN. The minimum atomic E-state index is -4.41. The van der Waals surface area contributed by atoms with Gasteiger partial charge in [-0.3, -0.25) is 18.6 Å². The van der Waals surface area contributed by atoms with Gasteiger partial charge in [0.2, 0.25) is 0 Å². The Hall–Kier alpha value is -4.89. The van der Waals surface area contributed by atoms with Gasteiger partial charge in [0.15, 0.2) is 6.10 Å². The van der Waals surface area contributed by atoms with Crippen LogP contribution in [0, 0.1) is 0 Å². The standard InChI is InChI=1S/C77H124NO8P/c1-3-5-7-9-11-13-15-17-19-21-23-25-27-29-30-31-32-33-34-35-36-37-38-39-40-41-42-43-44-46-48-50-52-54-56-58-60-62-64-66-68-70-77(80)86-75(74-85-87(81,82)84-72-71-78)73-83-76(79)69-67-65-63-61-59-57-55-53-51-49-47-45-28-26-24-22-20-18-16-14-12-10-8-6-4-2/h5,7,11,13,16-19,22-25,28-30,32-33,35-36,38-39,41-42,44-46,50,52,56,58,75H,3-4,6,8-10,12,14-15,20-21,26-27,31,34,37,40,43,47-49,51,53-55,57,59-74,78H2,1-2H3,(H,81,82)/b7-5-,13-11-,18-16-,19-17-,24-22-,25-23-,30-29-,33-32-,36-35-,39-38-,42-41-,45-28-,46-44-,52-50-,58-56-. The predicted molar refractivity (Wildman–Crippen MR) is 376 cm³/mol. The van der Waals surface area contributed by atoms with Crippen LogP contribution in [-0.2, 0) is 32.7 Å². The van der Waals surface area contributed by atoms with E-state index < -0.39 is 32.5 Å². The van der Waals surface area contributed by atoms with Gasteiger partial charge in [0.1, 0.15) is 6.61 Å². The van der Waals surface area contributed by atoms with Crippen molar-refractivity contribution < 1.29 is 37.6 Å². The zero-order valence-corrected chi connectivity index (χ0v) is 55.8.